The molecule has 2 fully saturated rings. The maximum atomic E-state index is 5.80. The lowest BCUT2D eigenvalue weighted by atomic mass is 9.97. The molecule has 0 N–H and O–H groups in total. The second-order valence-corrected chi connectivity index (χ2v) is 5.60. The lowest BCUT2D eigenvalue weighted by Gasteiger charge is -2.20. The summed E-state index contributed by atoms with van der Waals surface area (Å²) in [5, 5.41) is 0.801. The van der Waals surface area contributed by atoms with Crippen LogP contribution in [-0.2, 0) is 4.74 Å². The number of hydrogen-bond acceptors (Lipinski definition) is 2. The van der Waals surface area contributed by atoms with Crippen LogP contribution in [0.5, 0.6) is 0 Å². The van der Waals surface area contributed by atoms with Crippen molar-refractivity contribution in [3.05, 3.63) is 0 Å². The van der Waals surface area contributed by atoms with Gasteiger partial charge in [-0.1, -0.05) is 13.8 Å². The third kappa shape index (κ3) is 1.64. The van der Waals surface area contributed by atoms with Gasteiger partial charge in [0.1, 0.15) is 0 Å². The summed E-state index contributed by atoms with van der Waals surface area (Å²) in [5.41, 5.74) is 0. The average Bonchev–Trinajstić information content (AvgIpc) is 2.58. The predicted octanol–water partition coefficient (Wildman–Crippen LogP) is 2.55. The summed E-state index contributed by atoms with van der Waals surface area (Å²) in [7, 11) is 0. The molecular formula is C10H18OS. The van der Waals surface area contributed by atoms with E-state index in [1.54, 1.807) is 0 Å². The van der Waals surface area contributed by atoms with Crippen LogP contribution >= 0.6 is 11.8 Å². The summed E-state index contributed by atoms with van der Waals surface area (Å²) in [6, 6.07) is 0. The van der Waals surface area contributed by atoms with Crippen LogP contribution in [0.2, 0.25) is 0 Å². The van der Waals surface area contributed by atoms with Gasteiger partial charge in [0.25, 0.3) is 0 Å². The van der Waals surface area contributed by atoms with Crippen molar-refractivity contribution in [2.45, 2.75) is 38.0 Å². The summed E-state index contributed by atoms with van der Waals surface area (Å²) in [4.78, 5) is 0. The SMILES string of the molecule is CC1COC(C2SCCC2C)C1. The zero-order valence-electron chi connectivity index (χ0n) is 7.95. The molecule has 2 aliphatic rings. The minimum Gasteiger partial charge on any atom is -0.377 e. The first-order chi connectivity index (χ1) is 5.77. The van der Waals surface area contributed by atoms with Gasteiger partial charge in [0.15, 0.2) is 0 Å². The van der Waals surface area contributed by atoms with Crippen LogP contribution in [-0.4, -0.2) is 23.7 Å². The largest absolute Gasteiger partial charge is 0.377 e. The number of ether oxygens (including phenoxy) is 1. The fourth-order valence-electron chi connectivity index (χ4n) is 2.24. The molecule has 2 aliphatic heterocycles. The number of thioether (sulfide) groups is 1. The molecule has 0 amide bonds. The number of hydrogen-bond donors (Lipinski definition) is 0. The molecule has 0 aliphatic carbocycles. The normalized spacial score (nSPS) is 48.5. The van der Waals surface area contributed by atoms with Gasteiger partial charge in [-0.3, -0.25) is 0 Å². The highest BCUT2D eigenvalue weighted by Gasteiger charge is 2.36. The maximum absolute atomic E-state index is 5.80. The molecule has 0 spiro atoms. The molecule has 0 aromatic carbocycles. The third-order valence-electron chi connectivity index (χ3n) is 3.04. The standard InChI is InChI=1S/C10H18OS/c1-7-5-9(11-6-7)10-8(2)3-4-12-10/h7-10H,3-6H2,1-2H3. The monoisotopic (exact) mass is 186 g/mol. The summed E-state index contributed by atoms with van der Waals surface area (Å²) in [6.45, 7) is 5.66. The molecule has 12 heavy (non-hydrogen) atoms. The Labute approximate surface area is 79.2 Å². The zero-order chi connectivity index (χ0) is 8.55. The van der Waals surface area contributed by atoms with E-state index < -0.39 is 0 Å². The van der Waals surface area contributed by atoms with Crippen LogP contribution in [0.4, 0.5) is 0 Å². The highest BCUT2D eigenvalue weighted by Crippen LogP contribution is 2.39. The van der Waals surface area contributed by atoms with Crippen LogP contribution in [0.25, 0.3) is 0 Å². The fraction of sp³-hybridized carbons (Fsp3) is 1.00. The van der Waals surface area contributed by atoms with E-state index in [4.69, 9.17) is 4.74 Å². The van der Waals surface area contributed by atoms with E-state index >= 15 is 0 Å². The lowest BCUT2D eigenvalue weighted by molar-refractivity contribution is 0.0961. The molecular weight excluding hydrogens is 168 g/mol. The smallest absolute Gasteiger partial charge is 0.0699 e. The zero-order valence-corrected chi connectivity index (χ0v) is 8.77. The van der Waals surface area contributed by atoms with E-state index in [0.29, 0.717) is 6.10 Å². The molecule has 4 atom stereocenters. The van der Waals surface area contributed by atoms with Gasteiger partial charge in [0, 0.05) is 11.9 Å². The van der Waals surface area contributed by atoms with Crippen LogP contribution in [0.3, 0.4) is 0 Å². The van der Waals surface area contributed by atoms with Crippen LogP contribution in [0.1, 0.15) is 26.7 Å². The van der Waals surface area contributed by atoms with E-state index in [1.807, 2.05) is 0 Å². The molecule has 4 unspecified atom stereocenters. The topological polar surface area (TPSA) is 9.23 Å². The van der Waals surface area contributed by atoms with Gasteiger partial charge >= 0.3 is 0 Å². The molecule has 1 nitrogen and oxygen atoms in total. The third-order valence-corrected chi connectivity index (χ3v) is 4.66. The minimum atomic E-state index is 0.572. The first-order valence-electron chi connectivity index (χ1n) is 5.00. The van der Waals surface area contributed by atoms with Gasteiger partial charge in [-0.15, -0.1) is 0 Å². The van der Waals surface area contributed by atoms with Crippen LogP contribution in [0.15, 0.2) is 0 Å². The molecule has 2 rings (SSSR count). The highest BCUT2D eigenvalue weighted by atomic mass is 32.2. The van der Waals surface area contributed by atoms with Crippen molar-refractivity contribution >= 4 is 11.8 Å². The van der Waals surface area contributed by atoms with Crippen LogP contribution < -0.4 is 0 Å². The average molecular weight is 186 g/mol. The molecule has 0 bridgehead atoms. The second kappa shape index (κ2) is 3.59. The van der Waals surface area contributed by atoms with Gasteiger partial charge in [-0.05, 0) is 30.4 Å². The molecule has 70 valence electrons. The molecule has 0 radical (unpaired) electrons. The minimum absolute atomic E-state index is 0.572. The van der Waals surface area contributed by atoms with E-state index in [1.165, 1.54) is 18.6 Å². The Hall–Kier alpha value is 0.310. The van der Waals surface area contributed by atoms with Crippen molar-refractivity contribution in [3.63, 3.8) is 0 Å². The van der Waals surface area contributed by atoms with Gasteiger partial charge in [0.05, 0.1) is 6.10 Å². The quantitative estimate of drug-likeness (QED) is 0.622. The molecule has 0 aromatic rings. The summed E-state index contributed by atoms with van der Waals surface area (Å²) in [5.74, 6) is 3.02. The Kier molecular flexibility index (Phi) is 2.66. The fourth-order valence-corrected chi connectivity index (χ4v) is 3.89. The van der Waals surface area contributed by atoms with E-state index in [-0.39, 0.29) is 0 Å². The first-order valence-corrected chi connectivity index (χ1v) is 6.05. The van der Waals surface area contributed by atoms with Gasteiger partial charge < -0.3 is 4.74 Å². The Balaban J connectivity index is 1.91. The van der Waals surface area contributed by atoms with Gasteiger partial charge in [-0.25, -0.2) is 0 Å². The van der Waals surface area contributed by atoms with Crippen molar-refractivity contribution in [3.8, 4) is 0 Å². The van der Waals surface area contributed by atoms with E-state index in [9.17, 15) is 0 Å². The summed E-state index contributed by atoms with van der Waals surface area (Å²) < 4.78 is 5.80. The van der Waals surface area contributed by atoms with Gasteiger partial charge in [0.2, 0.25) is 0 Å². The lowest BCUT2D eigenvalue weighted by Crippen LogP contribution is -2.25. The van der Waals surface area contributed by atoms with Crippen LogP contribution in [0, 0.1) is 11.8 Å². The Morgan fingerprint density at radius 2 is 2.17 bits per heavy atom. The van der Waals surface area contributed by atoms with Crippen molar-refractivity contribution in [2.75, 3.05) is 12.4 Å². The van der Waals surface area contributed by atoms with Crippen molar-refractivity contribution in [1.82, 2.24) is 0 Å². The maximum Gasteiger partial charge on any atom is 0.0699 e. The molecule has 2 heterocycles. The predicted molar refractivity (Wildman–Crippen MR) is 53.5 cm³/mol. The van der Waals surface area contributed by atoms with Crippen molar-refractivity contribution < 1.29 is 4.74 Å². The summed E-state index contributed by atoms with van der Waals surface area (Å²) >= 11 is 2.12. The highest BCUT2D eigenvalue weighted by molar-refractivity contribution is 8.00. The molecule has 0 saturated carbocycles. The Morgan fingerprint density at radius 1 is 1.33 bits per heavy atom. The molecule has 2 heteroatoms. The van der Waals surface area contributed by atoms with Gasteiger partial charge in [-0.2, -0.15) is 11.8 Å². The number of rotatable bonds is 1. The van der Waals surface area contributed by atoms with Crippen molar-refractivity contribution in [1.29, 1.82) is 0 Å². The van der Waals surface area contributed by atoms with Crippen molar-refractivity contribution in [2.24, 2.45) is 11.8 Å². The molecule has 0 aromatic heterocycles. The van der Waals surface area contributed by atoms with E-state index in [0.717, 1.165) is 23.7 Å². The summed E-state index contributed by atoms with van der Waals surface area (Å²) in [6.07, 6.45) is 3.26. The first kappa shape index (κ1) is 8.89. The molecule has 2 saturated heterocycles. The second-order valence-electron chi connectivity index (χ2n) is 4.31. The Morgan fingerprint density at radius 3 is 2.67 bits per heavy atom. The Bertz CT molecular complexity index is 160. The van der Waals surface area contributed by atoms with E-state index in [2.05, 4.69) is 25.6 Å².